The Morgan fingerprint density at radius 1 is 1.07 bits per heavy atom. The maximum Gasteiger partial charge on any atom is 0.237 e. The molecular formula is C21H20N4O4S. The second-order valence-electron chi connectivity index (χ2n) is 6.69. The zero-order chi connectivity index (χ0) is 20.9. The van der Waals surface area contributed by atoms with Gasteiger partial charge in [0.15, 0.2) is 28.6 Å². The first-order valence-electron chi connectivity index (χ1n) is 9.37. The third kappa shape index (κ3) is 4.62. The average Bonchev–Trinajstić information content (AvgIpc) is 3.13. The number of amides is 2. The number of thioether (sulfide) groups is 1. The van der Waals surface area contributed by atoms with Crippen molar-refractivity contribution in [2.24, 2.45) is 7.05 Å². The van der Waals surface area contributed by atoms with E-state index in [1.54, 1.807) is 11.6 Å². The quantitative estimate of drug-likeness (QED) is 0.607. The van der Waals surface area contributed by atoms with Crippen LogP contribution in [0.1, 0.15) is 17.5 Å². The molecule has 0 spiro atoms. The number of carbonyl (C=O) groups excluding carboxylic acids is 2. The van der Waals surface area contributed by atoms with Gasteiger partial charge < -0.3 is 14.0 Å². The van der Waals surface area contributed by atoms with Crippen molar-refractivity contribution in [3.05, 3.63) is 66.0 Å². The molecule has 1 N–H and O–H groups in total. The van der Waals surface area contributed by atoms with Crippen LogP contribution >= 0.6 is 11.8 Å². The molecule has 1 atom stereocenters. The average molecular weight is 424 g/mol. The van der Waals surface area contributed by atoms with Gasteiger partial charge in [0.1, 0.15) is 6.61 Å². The van der Waals surface area contributed by atoms with E-state index in [1.807, 2.05) is 54.6 Å². The van der Waals surface area contributed by atoms with Crippen molar-refractivity contribution < 1.29 is 19.1 Å². The van der Waals surface area contributed by atoms with Crippen LogP contribution in [-0.4, -0.2) is 38.9 Å². The van der Waals surface area contributed by atoms with Gasteiger partial charge in [-0.05, 0) is 17.7 Å². The van der Waals surface area contributed by atoms with E-state index in [9.17, 15) is 9.59 Å². The summed E-state index contributed by atoms with van der Waals surface area (Å²) in [6.45, 7) is 0.322. The molecule has 0 aliphatic carbocycles. The Hall–Kier alpha value is -3.33. The van der Waals surface area contributed by atoms with E-state index in [-0.39, 0.29) is 24.0 Å². The van der Waals surface area contributed by atoms with E-state index in [0.29, 0.717) is 29.1 Å². The first-order chi connectivity index (χ1) is 14.6. The third-order valence-electron chi connectivity index (χ3n) is 4.48. The molecule has 0 bridgehead atoms. The molecule has 3 aromatic rings. The highest BCUT2D eigenvalue weighted by atomic mass is 32.2. The van der Waals surface area contributed by atoms with Crippen molar-refractivity contribution in [3.63, 3.8) is 0 Å². The number of nitrogens with one attached hydrogen (secondary N) is 1. The Bertz CT molecular complexity index is 1050. The number of hydrogen-bond acceptors (Lipinski definition) is 7. The largest absolute Gasteiger partial charge is 0.485 e. The molecule has 1 unspecified atom stereocenters. The second-order valence-corrected chi connectivity index (χ2v) is 7.63. The standard InChI is InChI=1S/C21H20N4O4S/c1-25-20(17-12-28-15-9-5-6-10-16(15)29-17)23-24-21(25)30-13-19(27)22-18(26)11-14-7-3-2-4-8-14/h2-10,17H,11-13H2,1H3,(H,22,26,27). The molecule has 154 valence electrons. The molecule has 2 heterocycles. The van der Waals surface area contributed by atoms with Crippen LogP contribution in [0, 0.1) is 0 Å². The molecule has 2 aromatic carbocycles. The minimum absolute atomic E-state index is 0.0529. The van der Waals surface area contributed by atoms with E-state index in [0.717, 1.165) is 5.56 Å². The SMILES string of the molecule is Cn1c(SCC(=O)NC(=O)Cc2ccccc2)nnc1C1COc2ccccc2O1. The van der Waals surface area contributed by atoms with E-state index < -0.39 is 6.10 Å². The van der Waals surface area contributed by atoms with E-state index in [1.165, 1.54) is 11.8 Å². The van der Waals surface area contributed by atoms with Gasteiger partial charge in [0.25, 0.3) is 0 Å². The maximum absolute atomic E-state index is 12.1. The topological polar surface area (TPSA) is 95.3 Å². The van der Waals surface area contributed by atoms with Gasteiger partial charge in [-0.3, -0.25) is 14.9 Å². The van der Waals surface area contributed by atoms with Gasteiger partial charge in [0, 0.05) is 7.05 Å². The van der Waals surface area contributed by atoms with Crippen molar-refractivity contribution in [2.45, 2.75) is 17.7 Å². The summed E-state index contributed by atoms with van der Waals surface area (Å²) >= 11 is 1.20. The number of nitrogens with zero attached hydrogens (tertiary/aromatic N) is 3. The van der Waals surface area contributed by atoms with Crippen LogP contribution in [0.25, 0.3) is 0 Å². The summed E-state index contributed by atoms with van der Waals surface area (Å²) in [5.74, 6) is 1.29. The van der Waals surface area contributed by atoms with Gasteiger partial charge in [-0.1, -0.05) is 54.2 Å². The Labute approximate surface area is 177 Å². The van der Waals surface area contributed by atoms with Crippen molar-refractivity contribution in [2.75, 3.05) is 12.4 Å². The number of aromatic nitrogens is 3. The van der Waals surface area contributed by atoms with Crippen LogP contribution < -0.4 is 14.8 Å². The molecule has 0 fully saturated rings. The van der Waals surface area contributed by atoms with Crippen molar-refractivity contribution in [1.29, 1.82) is 0 Å². The highest BCUT2D eigenvalue weighted by Crippen LogP contribution is 2.35. The summed E-state index contributed by atoms with van der Waals surface area (Å²) in [6.07, 6.45) is -0.237. The van der Waals surface area contributed by atoms with E-state index in [2.05, 4.69) is 15.5 Å². The molecule has 8 nitrogen and oxygen atoms in total. The smallest absolute Gasteiger partial charge is 0.237 e. The Kier molecular flexibility index (Phi) is 5.99. The van der Waals surface area contributed by atoms with Gasteiger partial charge >= 0.3 is 0 Å². The summed E-state index contributed by atoms with van der Waals surface area (Å²) in [5.41, 5.74) is 0.852. The number of benzene rings is 2. The molecule has 4 rings (SSSR count). The summed E-state index contributed by atoms with van der Waals surface area (Å²) < 4.78 is 13.5. The lowest BCUT2D eigenvalue weighted by atomic mass is 10.1. The summed E-state index contributed by atoms with van der Waals surface area (Å²) in [4.78, 5) is 24.1. The lowest BCUT2D eigenvalue weighted by Gasteiger charge is -2.25. The summed E-state index contributed by atoms with van der Waals surface area (Å²) in [6, 6.07) is 16.7. The molecule has 30 heavy (non-hydrogen) atoms. The zero-order valence-corrected chi connectivity index (χ0v) is 17.1. The molecule has 1 aromatic heterocycles. The van der Waals surface area contributed by atoms with Crippen LogP contribution in [0.5, 0.6) is 11.5 Å². The van der Waals surface area contributed by atoms with Crippen LogP contribution in [0.2, 0.25) is 0 Å². The number of ether oxygens (including phenoxy) is 2. The molecule has 2 amide bonds. The number of imide groups is 1. The van der Waals surface area contributed by atoms with Gasteiger partial charge in [0.05, 0.1) is 12.2 Å². The lowest BCUT2D eigenvalue weighted by Crippen LogP contribution is -2.33. The Balaban J connectivity index is 1.31. The number of para-hydroxylation sites is 2. The summed E-state index contributed by atoms with van der Waals surface area (Å²) in [5, 5.41) is 11.3. The second kappa shape index (κ2) is 9.00. The monoisotopic (exact) mass is 424 g/mol. The Morgan fingerprint density at radius 3 is 2.60 bits per heavy atom. The number of carbonyl (C=O) groups is 2. The van der Waals surface area contributed by atoms with Gasteiger partial charge in [-0.2, -0.15) is 0 Å². The lowest BCUT2D eigenvalue weighted by molar-refractivity contribution is -0.128. The predicted octanol–water partition coefficient (Wildman–Crippen LogP) is 2.31. The fourth-order valence-electron chi connectivity index (χ4n) is 3.03. The number of rotatable bonds is 6. The van der Waals surface area contributed by atoms with Gasteiger partial charge in [-0.25, -0.2) is 0 Å². The molecule has 1 aliphatic rings. The first-order valence-corrected chi connectivity index (χ1v) is 10.4. The summed E-state index contributed by atoms with van der Waals surface area (Å²) in [7, 11) is 1.81. The first kappa shape index (κ1) is 20.0. The molecule has 0 saturated carbocycles. The van der Waals surface area contributed by atoms with E-state index in [4.69, 9.17) is 9.47 Å². The molecule has 1 aliphatic heterocycles. The number of fused-ring (bicyclic) bond motifs is 1. The van der Waals surface area contributed by atoms with Crippen molar-refractivity contribution in [1.82, 2.24) is 20.1 Å². The van der Waals surface area contributed by atoms with Gasteiger partial charge in [-0.15, -0.1) is 10.2 Å². The van der Waals surface area contributed by atoms with Crippen molar-refractivity contribution in [3.8, 4) is 11.5 Å². The fourth-order valence-corrected chi connectivity index (χ4v) is 3.74. The normalized spacial score (nSPS) is 14.9. The molecular weight excluding hydrogens is 404 g/mol. The Morgan fingerprint density at radius 2 is 1.80 bits per heavy atom. The van der Waals surface area contributed by atoms with Gasteiger partial charge in [0.2, 0.25) is 11.8 Å². The molecule has 0 saturated heterocycles. The number of hydrogen-bond donors (Lipinski definition) is 1. The highest BCUT2D eigenvalue weighted by Gasteiger charge is 2.27. The van der Waals surface area contributed by atoms with Crippen LogP contribution in [-0.2, 0) is 23.1 Å². The van der Waals surface area contributed by atoms with Crippen molar-refractivity contribution >= 4 is 23.6 Å². The maximum atomic E-state index is 12.1. The molecule has 9 heteroatoms. The third-order valence-corrected chi connectivity index (χ3v) is 5.50. The zero-order valence-electron chi connectivity index (χ0n) is 16.3. The fraction of sp³-hybridized carbons (Fsp3) is 0.238. The highest BCUT2D eigenvalue weighted by molar-refractivity contribution is 7.99. The van der Waals surface area contributed by atoms with Crippen LogP contribution in [0.3, 0.4) is 0 Å². The minimum atomic E-state index is -0.395. The van der Waals surface area contributed by atoms with E-state index >= 15 is 0 Å². The van der Waals surface area contributed by atoms with Crippen LogP contribution in [0.15, 0.2) is 59.8 Å². The molecule has 0 radical (unpaired) electrons. The van der Waals surface area contributed by atoms with Crippen LogP contribution in [0.4, 0.5) is 0 Å². The minimum Gasteiger partial charge on any atom is -0.485 e. The predicted molar refractivity (Wildman–Crippen MR) is 110 cm³/mol.